The number of nitrogens with one attached hydrogen (secondary N) is 2. The number of nitrogens with two attached hydrogens (primary N) is 1. The van der Waals surface area contributed by atoms with Gasteiger partial charge >= 0.3 is 6.09 Å². The van der Waals surface area contributed by atoms with Crippen LogP contribution in [0.4, 0.5) is 4.79 Å². The van der Waals surface area contributed by atoms with Crippen LogP contribution in [0.25, 0.3) is 0 Å². The molecule has 0 aromatic carbocycles. The number of amides is 4. The number of hydrogen-bond donors (Lipinski definition) is 3. The normalized spacial score (nSPS) is 19.9. The minimum atomic E-state index is -1.25. The van der Waals surface area contributed by atoms with Gasteiger partial charge in [0.1, 0.15) is 23.5 Å². The van der Waals surface area contributed by atoms with E-state index < -0.39 is 95.4 Å². The van der Waals surface area contributed by atoms with Gasteiger partial charge in [0.25, 0.3) is 0 Å². The molecule has 2 fully saturated rings. The maximum Gasteiger partial charge on any atom is 0.408 e. The second-order valence-electron chi connectivity index (χ2n) is 18.6. The Bertz CT molecular complexity index is 1400. The predicted molar refractivity (Wildman–Crippen MR) is 207 cm³/mol. The number of alkyl carbamates (subject to hydrolysis) is 1. The van der Waals surface area contributed by atoms with Gasteiger partial charge in [-0.1, -0.05) is 53.4 Å². The molecule has 1 unspecified atom stereocenters. The maximum absolute atomic E-state index is 14.5. The first-order valence-corrected chi connectivity index (χ1v) is 20.0. The highest BCUT2D eigenvalue weighted by atomic mass is 16.6. The maximum atomic E-state index is 14.5. The van der Waals surface area contributed by atoms with E-state index in [0.29, 0.717) is 6.42 Å². The number of primary amides is 1. The molecule has 4 amide bonds. The largest absolute Gasteiger partial charge is 0.444 e. The minimum Gasteiger partial charge on any atom is -0.444 e. The highest BCUT2D eigenvalue weighted by Crippen LogP contribution is 2.32. The highest BCUT2D eigenvalue weighted by Gasteiger charge is 2.46. The van der Waals surface area contributed by atoms with Crippen molar-refractivity contribution in [3.8, 4) is 0 Å². The van der Waals surface area contributed by atoms with Crippen LogP contribution in [-0.4, -0.2) is 93.8 Å². The summed E-state index contributed by atoms with van der Waals surface area (Å²) in [4.78, 5) is 107. The molecule has 2 aliphatic rings. The minimum absolute atomic E-state index is 0.111. The molecule has 0 aromatic heterocycles. The molecule has 1 saturated carbocycles. The molecule has 55 heavy (non-hydrogen) atoms. The molecule has 1 aliphatic carbocycles. The molecule has 0 spiro atoms. The zero-order chi connectivity index (χ0) is 41.9. The van der Waals surface area contributed by atoms with Crippen molar-refractivity contribution < 1.29 is 47.8 Å². The van der Waals surface area contributed by atoms with Crippen molar-refractivity contribution in [2.75, 3.05) is 6.54 Å². The number of nitrogens with zero attached hydrogens (tertiary/aromatic N) is 1. The van der Waals surface area contributed by atoms with Gasteiger partial charge in [0.2, 0.25) is 23.5 Å². The average Bonchev–Trinajstić information content (AvgIpc) is 3.46. The Balaban J connectivity index is 2.23. The van der Waals surface area contributed by atoms with Gasteiger partial charge in [-0.05, 0) is 72.1 Å². The Morgan fingerprint density at radius 1 is 0.818 bits per heavy atom. The van der Waals surface area contributed by atoms with Crippen LogP contribution in [0.2, 0.25) is 0 Å². The second kappa shape index (κ2) is 20.5. The van der Waals surface area contributed by atoms with E-state index in [0.717, 1.165) is 32.1 Å². The number of ether oxygens (including phenoxy) is 2. The number of Topliss-reactive ketones (excluding diaryl/α,β-unsaturated/α-hetero) is 4. The molecule has 5 atom stereocenters. The summed E-state index contributed by atoms with van der Waals surface area (Å²) in [7, 11) is 0. The number of likely N-dealkylation sites (tertiary alicyclic amines) is 1. The standard InChI is InChI=1S/C41H68N4O10/c1-11-15-26(35(50)31(47)18-19-33(49)43-29(36(42)51)21-27(46)23-39(2,3)4)20-32(48)30-22-28(54-40(5,6)7)24-45(30)37(52)34(25-16-13-12-14-17-25)44-38(53)55-41(8,9)10/h25-26,28-30,34H,11-24H2,1-10H3,(H2,42,51)(H,43,49)(H,44,53)/t26?,28-,29+,30+,34+/m1/s1. The Hall–Kier alpha value is -3.68. The van der Waals surface area contributed by atoms with Crippen molar-refractivity contribution >= 4 is 46.9 Å². The van der Waals surface area contributed by atoms with Crippen molar-refractivity contribution in [1.29, 1.82) is 0 Å². The van der Waals surface area contributed by atoms with Crippen LogP contribution in [0, 0.1) is 17.3 Å². The average molecular weight is 777 g/mol. The molecule has 4 N–H and O–H groups in total. The molecule has 0 bridgehead atoms. The van der Waals surface area contributed by atoms with Gasteiger partial charge in [-0.15, -0.1) is 0 Å². The molecule has 0 radical (unpaired) electrons. The third-order valence-corrected chi connectivity index (χ3v) is 9.64. The van der Waals surface area contributed by atoms with Crippen LogP contribution in [0.15, 0.2) is 0 Å². The molecule has 14 nitrogen and oxygen atoms in total. The monoisotopic (exact) mass is 776 g/mol. The third kappa shape index (κ3) is 16.9. The number of rotatable bonds is 19. The lowest BCUT2D eigenvalue weighted by Gasteiger charge is -2.35. The van der Waals surface area contributed by atoms with Gasteiger partial charge in [0.15, 0.2) is 11.6 Å². The molecule has 0 aromatic rings. The van der Waals surface area contributed by atoms with Crippen molar-refractivity contribution in [1.82, 2.24) is 15.5 Å². The van der Waals surface area contributed by atoms with E-state index in [9.17, 15) is 38.4 Å². The molecule has 1 aliphatic heterocycles. The quantitative estimate of drug-likeness (QED) is 0.151. The summed E-state index contributed by atoms with van der Waals surface area (Å²) in [6.07, 6.45) is 2.71. The van der Waals surface area contributed by atoms with Crippen molar-refractivity contribution in [3.63, 3.8) is 0 Å². The first kappa shape index (κ1) is 47.5. The molecular weight excluding hydrogens is 708 g/mol. The van der Waals surface area contributed by atoms with E-state index in [2.05, 4.69) is 10.6 Å². The van der Waals surface area contributed by atoms with Gasteiger partial charge in [0.05, 0.1) is 17.7 Å². The Morgan fingerprint density at radius 2 is 1.44 bits per heavy atom. The second-order valence-corrected chi connectivity index (χ2v) is 18.6. The molecule has 1 heterocycles. The number of carbonyl (C=O) groups is 8. The summed E-state index contributed by atoms with van der Waals surface area (Å²) in [6, 6.07) is -3.13. The van der Waals surface area contributed by atoms with Crippen LogP contribution in [0.5, 0.6) is 0 Å². The summed E-state index contributed by atoms with van der Waals surface area (Å²) in [5.41, 5.74) is 3.73. The lowest BCUT2D eigenvalue weighted by molar-refractivity contribution is -0.143. The zero-order valence-electron chi connectivity index (χ0n) is 35.0. The van der Waals surface area contributed by atoms with Gasteiger partial charge in [-0.3, -0.25) is 33.6 Å². The molecule has 1 saturated heterocycles. The first-order valence-electron chi connectivity index (χ1n) is 20.0. The highest BCUT2D eigenvalue weighted by molar-refractivity contribution is 6.38. The van der Waals surface area contributed by atoms with Gasteiger partial charge in [-0.25, -0.2) is 4.79 Å². The van der Waals surface area contributed by atoms with Crippen molar-refractivity contribution in [2.24, 2.45) is 23.0 Å². The molecule has 312 valence electrons. The van der Waals surface area contributed by atoms with Crippen LogP contribution in [0.1, 0.15) is 153 Å². The van der Waals surface area contributed by atoms with Crippen LogP contribution in [0.3, 0.4) is 0 Å². The predicted octanol–water partition coefficient (Wildman–Crippen LogP) is 4.90. The van der Waals surface area contributed by atoms with Crippen molar-refractivity contribution in [2.45, 2.75) is 188 Å². The zero-order valence-corrected chi connectivity index (χ0v) is 35.0. The number of hydrogen-bond acceptors (Lipinski definition) is 10. The van der Waals surface area contributed by atoms with Crippen molar-refractivity contribution in [3.05, 3.63) is 0 Å². The smallest absolute Gasteiger partial charge is 0.408 e. The number of carbonyl (C=O) groups excluding carboxylic acids is 8. The van der Waals surface area contributed by atoms with E-state index >= 15 is 0 Å². The lowest BCUT2D eigenvalue weighted by Crippen LogP contribution is -2.55. The fourth-order valence-corrected chi connectivity index (χ4v) is 7.41. The third-order valence-electron chi connectivity index (χ3n) is 9.64. The van der Waals surface area contributed by atoms with Crippen LogP contribution in [-0.2, 0) is 43.0 Å². The molecule has 2 rings (SSSR count). The van der Waals surface area contributed by atoms with E-state index in [-0.39, 0.29) is 55.8 Å². The fourth-order valence-electron chi connectivity index (χ4n) is 7.41. The number of ketones is 4. The summed E-state index contributed by atoms with van der Waals surface area (Å²) < 4.78 is 11.8. The van der Waals surface area contributed by atoms with E-state index in [4.69, 9.17) is 15.2 Å². The summed E-state index contributed by atoms with van der Waals surface area (Å²) in [6.45, 7) is 18.4. The topological polar surface area (TPSA) is 208 Å². The summed E-state index contributed by atoms with van der Waals surface area (Å²) in [5, 5.41) is 5.22. The molecular formula is C41H68N4O10. The van der Waals surface area contributed by atoms with Crippen LogP contribution >= 0.6 is 0 Å². The van der Waals surface area contributed by atoms with Gasteiger partial charge in [0, 0.05) is 51.0 Å². The van der Waals surface area contributed by atoms with E-state index in [1.54, 1.807) is 20.8 Å². The fraction of sp³-hybridized carbons (Fsp3) is 0.805. The van der Waals surface area contributed by atoms with E-state index in [1.165, 1.54) is 4.90 Å². The summed E-state index contributed by atoms with van der Waals surface area (Å²) >= 11 is 0. The Morgan fingerprint density at radius 3 is 1.96 bits per heavy atom. The van der Waals surface area contributed by atoms with Gasteiger partial charge in [-0.2, -0.15) is 0 Å². The first-order chi connectivity index (χ1) is 25.3. The molecule has 14 heteroatoms. The van der Waals surface area contributed by atoms with E-state index in [1.807, 2.05) is 48.5 Å². The van der Waals surface area contributed by atoms with Crippen LogP contribution < -0.4 is 16.4 Å². The van der Waals surface area contributed by atoms with Gasteiger partial charge < -0.3 is 30.7 Å². The Labute approximate surface area is 327 Å². The lowest BCUT2D eigenvalue weighted by atomic mass is 9.83. The summed E-state index contributed by atoms with van der Waals surface area (Å²) in [5.74, 6) is -5.42. The Kier molecular flexibility index (Phi) is 17.7. The SMILES string of the molecule is CCCC(CC(=O)[C@@H]1C[C@@H](OC(C)(C)C)CN1C(=O)[C@@H](NC(=O)OC(C)(C)C)C1CCCCC1)C(=O)C(=O)CCC(=O)N[C@@H](CC(=O)CC(C)(C)C)C(N)=O.